The van der Waals surface area contributed by atoms with Crippen LogP contribution in [-0.2, 0) is 9.59 Å². The molecule has 0 unspecified atom stereocenters. The fourth-order valence-corrected chi connectivity index (χ4v) is 3.36. The van der Waals surface area contributed by atoms with Gasteiger partial charge in [0.05, 0.1) is 12.9 Å². The predicted octanol–water partition coefficient (Wildman–Crippen LogP) is 4.40. The van der Waals surface area contributed by atoms with Crippen molar-refractivity contribution in [2.45, 2.75) is 26.7 Å². The molecule has 0 spiro atoms. The second kappa shape index (κ2) is 10.6. The monoisotopic (exact) mass is 386 g/mol. The van der Waals surface area contributed by atoms with Gasteiger partial charge >= 0.3 is 0 Å². The van der Waals surface area contributed by atoms with Crippen molar-refractivity contribution in [3.05, 3.63) is 53.6 Å². The zero-order valence-electron chi connectivity index (χ0n) is 16.0. The van der Waals surface area contributed by atoms with Gasteiger partial charge in [-0.1, -0.05) is 24.3 Å². The Balaban J connectivity index is 1.65. The fourth-order valence-electron chi connectivity index (χ4n) is 2.61. The Labute approximate surface area is 164 Å². The van der Waals surface area contributed by atoms with E-state index >= 15 is 0 Å². The molecular formula is C21H26N2O3S. The summed E-state index contributed by atoms with van der Waals surface area (Å²) in [5.74, 6) is 1.76. The maximum absolute atomic E-state index is 12.1. The summed E-state index contributed by atoms with van der Waals surface area (Å²) >= 11 is 1.52. The number of rotatable bonds is 9. The lowest BCUT2D eigenvalue weighted by molar-refractivity contribution is -0.116. The lowest BCUT2D eigenvalue weighted by Gasteiger charge is -2.11. The quantitative estimate of drug-likeness (QED) is 0.627. The van der Waals surface area contributed by atoms with E-state index in [1.165, 1.54) is 11.8 Å². The van der Waals surface area contributed by atoms with E-state index < -0.39 is 0 Å². The molecule has 0 atom stereocenters. The molecule has 0 saturated carbocycles. The Kier molecular flexibility index (Phi) is 8.20. The van der Waals surface area contributed by atoms with Gasteiger partial charge in [-0.05, 0) is 49.3 Å². The third-order valence-corrected chi connectivity index (χ3v) is 5.07. The summed E-state index contributed by atoms with van der Waals surface area (Å²) in [5.41, 5.74) is 3.74. The number of para-hydroxylation sites is 1. The zero-order valence-corrected chi connectivity index (χ0v) is 16.8. The maximum Gasteiger partial charge on any atom is 0.234 e. The molecule has 2 aromatic carbocycles. The number of hydrogen-bond acceptors (Lipinski definition) is 4. The van der Waals surface area contributed by atoms with Crippen LogP contribution in [0, 0.1) is 13.8 Å². The van der Waals surface area contributed by atoms with Gasteiger partial charge in [0, 0.05) is 23.9 Å². The van der Waals surface area contributed by atoms with Gasteiger partial charge in [-0.3, -0.25) is 9.59 Å². The number of carbonyl (C=O) groups is 2. The summed E-state index contributed by atoms with van der Waals surface area (Å²) in [7, 11) is 1.59. The molecule has 0 bridgehead atoms. The van der Waals surface area contributed by atoms with E-state index in [0.717, 1.165) is 29.0 Å². The van der Waals surface area contributed by atoms with Gasteiger partial charge in [0.15, 0.2) is 0 Å². The van der Waals surface area contributed by atoms with Gasteiger partial charge < -0.3 is 15.4 Å². The number of aryl methyl sites for hydroxylation is 2. The SMILES string of the molecule is COc1cccc(NC(=O)CSCCCC(=O)Nc2c(C)cccc2C)c1. The summed E-state index contributed by atoms with van der Waals surface area (Å²) in [5, 5.41) is 5.82. The Bertz CT molecular complexity index is 772. The smallest absolute Gasteiger partial charge is 0.234 e. The van der Waals surface area contributed by atoms with E-state index in [2.05, 4.69) is 10.6 Å². The molecule has 0 aliphatic carbocycles. The molecule has 6 heteroatoms. The number of carbonyl (C=O) groups excluding carboxylic acids is 2. The average molecular weight is 387 g/mol. The van der Waals surface area contributed by atoms with Crippen LogP contribution in [0.2, 0.25) is 0 Å². The van der Waals surface area contributed by atoms with E-state index in [0.29, 0.717) is 23.6 Å². The largest absolute Gasteiger partial charge is 0.497 e. The number of benzene rings is 2. The molecule has 0 aromatic heterocycles. The first-order chi connectivity index (χ1) is 13.0. The minimum Gasteiger partial charge on any atom is -0.497 e. The molecule has 2 rings (SSSR count). The highest BCUT2D eigenvalue weighted by molar-refractivity contribution is 7.99. The van der Waals surface area contributed by atoms with Crippen molar-refractivity contribution in [3.63, 3.8) is 0 Å². The molecule has 27 heavy (non-hydrogen) atoms. The van der Waals surface area contributed by atoms with Crippen LogP contribution in [0.4, 0.5) is 11.4 Å². The summed E-state index contributed by atoms with van der Waals surface area (Å²) in [6, 6.07) is 13.2. The highest BCUT2D eigenvalue weighted by Gasteiger charge is 2.08. The van der Waals surface area contributed by atoms with Crippen LogP contribution in [0.3, 0.4) is 0 Å². The lowest BCUT2D eigenvalue weighted by Crippen LogP contribution is -2.15. The molecular weight excluding hydrogens is 360 g/mol. The van der Waals surface area contributed by atoms with Gasteiger partial charge in [0.1, 0.15) is 5.75 Å². The first-order valence-corrected chi connectivity index (χ1v) is 10.0. The Morgan fingerprint density at radius 3 is 2.41 bits per heavy atom. The normalized spacial score (nSPS) is 10.3. The molecule has 2 N–H and O–H groups in total. The minimum atomic E-state index is -0.0618. The minimum absolute atomic E-state index is 0.00818. The summed E-state index contributed by atoms with van der Waals surface area (Å²) in [4.78, 5) is 24.1. The van der Waals surface area contributed by atoms with Crippen molar-refractivity contribution in [3.8, 4) is 5.75 Å². The Morgan fingerprint density at radius 1 is 1.00 bits per heavy atom. The lowest BCUT2D eigenvalue weighted by atomic mass is 10.1. The molecule has 5 nitrogen and oxygen atoms in total. The number of ether oxygens (including phenoxy) is 1. The van der Waals surface area contributed by atoms with Gasteiger partial charge in [0.2, 0.25) is 11.8 Å². The van der Waals surface area contributed by atoms with Crippen molar-refractivity contribution in [2.75, 3.05) is 29.2 Å². The number of methoxy groups -OCH3 is 1. The third kappa shape index (κ3) is 6.98. The van der Waals surface area contributed by atoms with Gasteiger partial charge in [-0.25, -0.2) is 0 Å². The van der Waals surface area contributed by atoms with Crippen LogP contribution >= 0.6 is 11.8 Å². The van der Waals surface area contributed by atoms with E-state index in [1.54, 1.807) is 13.2 Å². The third-order valence-electron chi connectivity index (χ3n) is 4.02. The Morgan fingerprint density at radius 2 is 1.70 bits per heavy atom. The van der Waals surface area contributed by atoms with Crippen molar-refractivity contribution in [1.82, 2.24) is 0 Å². The van der Waals surface area contributed by atoms with Crippen LogP contribution in [0.15, 0.2) is 42.5 Å². The molecule has 0 radical (unpaired) electrons. The first-order valence-electron chi connectivity index (χ1n) is 8.87. The zero-order chi connectivity index (χ0) is 19.6. The van der Waals surface area contributed by atoms with E-state index in [-0.39, 0.29) is 11.8 Å². The first kappa shape index (κ1) is 20.8. The van der Waals surface area contributed by atoms with E-state index in [9.17, 15) is 9.59 Å². The second-order valence-electron chi connectivity index (χ2n) is 6.25. The van der Waals surface area contributed by atoms with Crippen molar-refractivity contribution in [2.24, 2.45) is 0 Å². The van der Waals surface area contributed by atoms with Crippen molar-refractivity contribution in [1.29, 1.82) is 0 Å². The number of hydrogen-bond donors (Lipinski definition) is 2. The van der Waals surface area contributed by atoms with Crippen LogP contribution in [0.25, 0.3) is 0 Å². The van der Waals surface area contributed by atoms with Crippen molar-refractivity contribution < 1.29 is 14.3 Å². The summed E-state index contributed by atoms with van der Waals surface area (Å²) in [6.45, 7) is 3.97. The molecule has 2 aromatic rings. The van der Waals surface area contributed by atoms with E-state index in [1.807, 2.05) is 50.2 Å². The predicted molar refractivity (Wildman–Crippen MR) is 113 cm³/mol. The van der Waals surface area contributed by atoms with Crippen LogP contribution in [0.5, 0.6) is 5.75 Å². The molecule has 0 aliphatic rings. The van der Waals surface area contributed by atoms with Crippen LogP contribution in [0.1, 0.15) is 24.0 Å². The molecule has 144 valence electrons. The Hall–Kier alpha value is -2.47. The topological polar surface area (TPSA) is 67.4 Å². The second-order valence-corrected chi connectivity index (χ2v) is 7.36. The molecule has 0 saturated heterocycles. The van der Waals surface area contributed by atoms with Crippen molar-refractivity contribution >= 4 is 35.0 Å². The van der Waals surface area contributed by atoms with Gasteiger partial charge in [-0.2, -0.15) is 11.8 Å². The number of anilines is 2. The summed E-state index contributed by atoms with van der Waals surface area (Å²) in [6.07, 6.45) is 1.17. The van der Waals surface area contributed by atoms with Gasteiger partial charge in [0.25, 0.3) is 0 Å². The van der Waals surface area contributed by atoms with Crippen LogP contribution < -0.4 is 15.4 Å². The number of amides is 2. The average Bonchev–Trinajstić information content (AvgIpc) is 2.64. The van der Waals surface area contributed by atoms with E-state index in [4.69, 9.17) is 4.74 Å². The number of thioether (sulfide) groups is 1. The molecule has 2 amide bonds. The molecule has 0 heterocycles. The molecule has 0 fully saturated rings. The molecule has 0 aliphatic heterocycles. The highest BCUT2D eigenvalue weighted by atomic mass is 32.2. The fraction of sp³-hybridized carbons (Fsp3) is 0.333. The maximum atomic E-state index is 12.1. The standard InChI is InChI=1S/C21H26N2O3S/c1-15-7-4-8-16(2)21(15)23-19(24)11-6-12-27-14-20(25)22-17-9-5-10-18(13-17)26-3/h4-5,7-10,13H,6,11-12,14H2,1-3H3,(H,22,25)(H,23,24). The highest BCUT2D eigenvalue weighted by Crippen LogP contribution is 2.20. The van der Waals surface area contributed by atoms with Crippen LogP contribution in [-0.4, -0.2) is 30.4 Å². The summed E-state index contributed by atoms with van der Waals surface area (Å²) < 4.78 is 5.13. The van der Waals surface area contributed by atoms with Gasteiger partial charge in [-0.15, -0.1) is 0 Å². The number of nitrogens with one attached hydrogen (secondary N) is 2.